The third kappa shape index (κ3) is 4.23. The maximum Gasteiger partial charge on any atom is 0.119 e. The van der Waals surface area contributed by atoms with Crippen molar-refractivity contribution in [2.45, 2.75) is 39.7 Å². The Morgan fingerprint density at radius 1 is 1.25 bits per heavy atom. The van der Waals surface area contributed by atoms with Gasteiger partial charge in [-0.1, -0.05) is 26.0 Å². The molecule has 0 saturated heterocycles. The summed E-state index contributed by atoms with van der Waals surface area (Å²) in [4.78, 5) is 0. The zero-order valence-electron chi connectivity index (χ0n) is 10.6. The number of hydrogen-bond acceptors (Lipinski definition) is 2. The lowest BCUT2D eigenvalue weighted by Crippen LogP contribution is -2.19. The summed E-state index contributed by atoms with van der Waals surface area (Å²) in [5.41, 5.74) is 1.29. The van der Waals surface area contributed by atoms with Crippen molar-refractivity contribution in [1.82, 2.24) is 5.32 Å². The molecule has 16 heavy (non-hydrogen) atoms. The van der Waals surface area contributed by atoms with Crippen LogP contribution in [0.5, 0.6) is 5.75 Å². The summed E-state index contributed by atoms with van der Waals surface area (Å²) < 4.78 is 5.62. The Labute approximate surface area is 99.0 Å². The van der Waals surface area contributed by atoms with Crippen molar-refractivity contribution >= 4 is 0 Å². The van der Waals surface area contributed by atoms with Crippen molar-refractivity contribution in [3.63, 3.8) is 0 Å². The fraction of sp³-hybridized carbons (Fsp3) is 0.571. The van der Waals surface area contributed by atoms with Crippen LogP contribution in [0.25, 0.3) is 0 Å². The highest BCUT2D eigenvalue weighted by Crippen LogP contribution is 2.19. The molecule has 0 aliphatic rings. The molecule has 0 heterocycles. The molecule has 0 aromatic heterocycles. The van der Waals surface area contributed by atoms with E-state index in [1.807, 2.05) is 6.07 Å². The van der Waals surface area contributed by atoms with E-state index in [-0.39, 0.29) is 0 Å². The maximum atomic E-state index is 5.62. The van der Waals surface area contributed by atoms with Crippen molar-refractivity contribution in [3.05, 3.63) is 29.8 Å². The summed E-state index contributed by atoms with van der Waals surface area (Å²) in [6, 6.07) is 8.75. The average molecular weight is 221 g/mol. The fourth-order valence-corrected chi connectivity index (χ4v) is 1.57. The van der Waals surface area contributed by atoms with Crippen molar-refractivity contribution in [1.29, 1.82) is 0 Å². The quantitative estimate of drug-likeness (QED) is 0.760. The third-order valence-corrected chi connectivity index (χ3v) is 2.53. The average Bonchev–Trinajstić information content (AvgIpc) is 2.33. The lowest BCUT2D eigenvalue weighted by Gasteiger charge is -2.14. The Balaban J connectivity index is 2.58. The number of ether oxygens (including phenoxy) is 1. The van der Waals surface area contributed by atoms with Crippen molar-refractivity contribution in [3.8, 4) is 5.75 Å². The molecule has 0 aliphatic heterocycles. The zero-order chi connectivity index (χ0) is 11.8. The zero-order valence-corrected chi connectivity index (χ0v) is 10.6. The van der Waals surface area contributed by atoms with Crippen molar-refractivity contribution < 1.29 is 4.74 Å². The molecule has 0 bridgehead atoms. The van der Waals surface area contributed by atoms with Crippen LogP contribution in [0.1, 0.15) is 45.2 Å². The third-order valence-electron chi connectivity index (χ3n) is 2.53. The van der Waals surface area contributed by atoms with E-state index in [4.69, 9.17) is 4.74 Å². The molecule has 90 valence electrons. The molecule has 0 saturated carbocycles. The minimum absolute atomic E-state index is 0.394. The van der Waals surface area contributed by atoms with Gasteiger partial charge in [-0.05, 0) is 44.0 Å². The predicted molar refractivity (Wildman–Crippen MR) is 68.9 cm³/mol. The van der Waals surface area contributed by atoms with Gasteiger partial charge >= 0.3 is 0 Å². The minimum Gasteiger partial charge on any atom is -0.494 e. The van der Waals surface area contributed by atoms with Crippen LogP contribution in [0.4, 0.5) is 0 Å². The van der Waals surface area contributed by atoms with Gasteiger partial charge in [0.05, 0.1) is 6.61 Å². The summed E-state index contributed by atoms with van der Waals surface area (Å²) in [6.07, 6.45) is 2.21. The normalized spacial score (nSPS) is 12.4. The lowest BCUT2D eigenvalue weighted by atomic mass is 10.1. The van der Waals surface area contributed by atoms with Gasteiger partial charge in [-0.2, -0.15) is 0 Å². The molecule has 0 amide bonds. The topological polar surface area (TPSA) is 21.3 Å². The fourth-order valence-electron chi connectivity index (χ4n) is 1.57. The van der Waals surface area contributed by atoms with Crippen molar-refractivity contribution in [2.24, 2.45) is 0 Å². The first-order valence-electron chi connectivity index (χ1n) is 6.24. The van der Waals surface area contributed by atoms with E-state index in [0.29, 0.717) is 6.04 Å². The summed E-state index contributed by atoms with van der Waals surface area (Å²) in [6.45, 7) is 8.34. The molecule has 0 radical (unpaired) electrons. The first-order valence-corrected chi connectivity index (χ1v) is 6.24. The summed E-state index contributed by atoms with van der Waals surface area (Å²) in [7, 11) is 0. The second-order valence-corrected chi connectivity index (χ2v) is 4.10. The number of nitrogens with one attached hydrogen (secondary N) is 1. The van der Waals surface area contributed by atoms with Gasteiger partial charge in [0.25, 0.3) is 0 Å². The first-order chi connectivity index (χ1) is 7.77. The van der Waals surface area contributed by atoms with E-state index in [9.17, 15) is 0 Å². The Morgan fingerprint density at radius 3 is 2.75 bits per heavy atom. The molecule has 2 heteroatoms. The van der Waals surface area contributed by atoms with Crippen molar-refractivity contribution in [2.75, 3.05) is 13.2 Å². The molecule has 1 N–H and O–H groups in total. The summed E-state index contributed by atoms with van der Waals surface area (Å²) in [5, 5.41) is 3.48. The van der Waals surface area contributed by atoms with E-state index >= 15 is 0 Å². The smallest absolute Gasteiger partial charge is 0.119 e. The molecule has 1 aromatic carbocycles. The van der Waals surface area contributed by atoms with Gasteiger partial charge in [0.15, 0.2) is 0 Å². The van der Waals surface area contributed by atoms with Crippen LogP contribution < -0.4 is 10.1 Å². The Hall–Kier alpha value is -1.02. The van der Waals surface area contributed by atoms with E-state index in [1.54, 1.807) is 0 Å². The molecule has 1 aromatic rings. The monoisotopic (exact) mass is 221 g/mol. The van der Waals surface area contributed by atoms with E-state index < -0.39 is 0 Å². The highest BCUT2D eigenvalue weighted by Gasteiger charge is 2.04. The largest absolute Gasteiger partial charge is 0.494 e. The molecule has 1 atom stereocenters. The van der Waals surface area contributed by atoms with Crippen LogP contribution in [0.15, 0.2) is 24.3 Å². The number of benzene rings is 1. The van der Waals surface area contributed by atoms with Crippen LogP contribution in [0.2, 0.25) is 0 Å². The minimum atomic E-state index is 0.394. The molecular formula is C14H23NO. The Morgan fingerprint density at radius 2 is 2.06 bits per heavy atom. The van der Waals surface area contributed by atoms with E-state index in [2.05, 4.69) is 44.3 Å². The predicted octanol–water partition coefficient (Wildman–Crippen LogP) is 3.54. The molecule has 0 fully saturated rings. The summed E-state index contributed by atoms with van der Waals surface area (Å²) >= 11 is 0. The van der Waals surface area contributed by atoms with E-state index in [1.165, 1.54) is 5.56 Å². The molecule has 1 rings (SSSR count). The standard InChI is InChI=1S/C14H23NO/c1-4-9-15-12(3)13-7-6-8-14(11-13)16-10-5-2/h6-8,11-12,15H,4-5,9-10H2,1-3H3/t12-/m1/s1. The van der Waals surface area contributed by atoms with Gasteiger partial charge in [-0.25, -0.2) is 0 Å². The molecule has 0 unspecified atom stereocenters. The SMILES string of the molecule is CCCN[C@H](C)c1cccc(OCCC)c1. The molecular weight excluding hydrogens is 198 g/mol. The maximum absolute atomic E-state index is 5.62. The Kier molecular flexibility index (Phi) is 5.94. The van der Waals surface area contributed by atoms with Gasteiger partial charge in [0.2, 0.25) is 0 Å². The van der Waals surface area contributed by atoms with E-state index in [0.717, 1.165) is 31.7 Å². The first kappa shape index (κ1) is 13.0. The second-order valence-electron chi connectivity index (χ2n) is 4.10. The van der Waals surface area contributed by atoms with Crippen LogP contribution in [0.3, 0.4) is 0 Å². The van der Waals surface area contributed by atoms with Crippen LogP contribution in [-0.2, 0) is 0 Å². The van der Waals surface area contributed by atoms with Gasteiger partial charge < -0.3 is 10.1 Å². The van der Waals surface area contributed by atoms with Crippen LogP contribution in [0, 0.1) is 0 Å². The summed E-state index contributed by atoms with van der Waals surface area (Å²) in [5.74, 6) is 0.976. The van der Waals surface area contributed by atoms with Gasteiger partial charge in [-0.3, -0.25) is 0 Å². The van der Waals surface area contributed by atoms with Gasteiger partial charge in [-0.15, -0.1) is 0 Å². The van der Waals surface area contributed by atoms with Gasteiger partial charge in [0.1, 0.15) is 5.75 Å². The lowest BCUT2D eigenvalue weighted by molar-refractivity contribution is 0.317. The molecule has 2 nitrogen and oxygen atoms in total. The number of rotatable bonds is 7. The highest BCUT2D eigenvalue weighted by molar-refractivity contribution is 5.30. The highest BCUT2D eigenvalue weighted by atomic mass is 16.5. The number of hydrogen-bond donors (Lipinski definition) is 1. The van der Waals surface area contributed by atoms with Crippen LogP contribution in [-0.4, -0.2) is 13.2 Å². The molecule has 0 aliphatic carbocycles. The second kappa shape index (κ2) is 7.29. The van der Waals surface area contributed by atoms with Crippen LogP contribution >= 0.6 is 0 Å². The Bertz CT molecular complexity index is 299. The molecule has 0 spiro atoms. The van der Waals surface area contributed by atoms with Gasteiger partial charge in [0, 0.05) is 6.04 Å².